The molecule has 14 heavy (non-hydrogen) atoms. The molecular formula is C10H12ClNO2. The minimum atomic E-state index is -0.452. The van der Waals surface area contributed by atoms with Crippen LogP contribution in [0.2, 0.25) is 5.02 Å². The molecule has 0 heterocycles. The zero-order chi connectivity index (χ0) is 10.7. The lowest BCUT2D eigenvalue weighted by molar-refractivity contribution is -0.384. The zero-order valence-electron chi connectivity index (χ0n) is 8.16. The Hall–Kier alpha value is -1.09. The number of nitrogens with zero attached hydrogens (tertiary/aromatic N) is 1. The lowest BCUT2D eigenvalue weighted by atomic mass is 10.0. The number of hydrogen-bond donors (Lipinski definition) is 0. The number of rotatable bonds is 3. The molecule has 1 aromatic carbocycles. The van der Waals surface area contributed by atoms with Crippen LogP contribution in [0.25, 0.3) is 0 Å². The summed E-state index contributed by atoms with van der Waals surface area (Å²) in [7, 11) is 0. The Labute approximate surface area is 87.8 Å². The molecule has 0 aliphatic rings. The van der Waals surface area contributed by atoms with Crippen LogP contribution in [-0.2, 0) is 6.42 Å². The van der Waals surface area contributed by atoms with Crippen LogP contribution >= 0.6 is 11.6 Å². The van der Waals surface area contributed by atoms with Crippen LogP contribution < -0.4 is 0 Å². The SMILES string of the molecule is CC(C)Cc1ccc(Cl)c([N+](=O)[O-])c1. The topological polar surface area (TPSA) is 43.1 Å². The molecule has 0 spiro atoms. The molecule has 1 rings (SSSR count). The monoisotopic (exact) mass is 213 g/mol. The van der Waals surface area contributed by atoms with E-state index in [1.807, 2.05) is 6.07 Å². The maximum atomic E-state index is 10.6. The van der Waals surface area contributed by atoms with Gasteiger partial charge in [-0.1, -0.05) is 31.5 Å². The van der Waals surface area contributed by atoms with Gasteiger partial charge < -0.3 is 0 Å². The summed E-state index contributed by atoms with van der Waals surface area (Å²) < 4.78 is 0. The van der Waals surface area contributed by atoms with Gasteiger partial charge in [0.15, 0.2) is 0 Å². The van der Waals surface area contributed by atoms with Crippen LogP contribution in [0.15, 0.2) is 18.2 Å². The Balaban J connectivity index is 3.00. The molecule has 3 nitrogen and oxygen atoms in total. The van der Waals surface area contributed by atoms with Gasteiger partial charge in [-0.15, -0.1) is 0 Å². The molecule has 0 N–H and O–H groups in total. The molecule has 0 aliphatic carbocycles. The Morgan fingerprint density at radius 1 is 1.50 bits per heavy atom. The molecule has 0 atom stereocenters. The highest BCUT2D eigenvalue weighted by Gasteiger charge is 2.12. The molecule has 0 amide bonds. The van der Waals surface area contributed by atoms with Gasteiger partial charge >= 0.3 is 0 Å². The number of benzene rings is 1. The summed E-state index contributed by atoms with van der Waals surface area (Å²) in [4.78, 5) is 10.1. The summed E-state index contributed by atoms with van der Waals surface area (Å²) in [6, 6.07) is 4.95. The molecule has 0 bridgehead atoms. The smallest absolute Gasteiger partial charge is 0.258 e. The molecule has 0 radical (unpaired) electrons. The van der Waals surface area contributed by atoms with Crippen LogP contribution in [0.5, 0.6) is 0 Å². The van der Waals surface area contributed by atoms with Crippen LogP contribution in [0.1, 0.15) is 19.4 Å². The normalized spacial score (nSPS) is 10.6. The molecule has 0 aliphatic heterocycles. The summed E-state index contributed by atoms with van der Waals surface area (Å²) in [5, 5.41) is 10.8. The molecule has 1 aromatic rings. The van der Waals surface area contributed by atoms with E-state index in [-0.39, 0.29) is 10.7 Å². The van der Waals surface area contributed by atoms with Gasteiger partial charge in [0.1, 0.15) is 5.02 Å². The number of nitro groups is 1. The third-order valence-corrected chi connectivity index (χ3v) is 2.17. The second-order valence-corrected chi connectivity index (χ2v) is 4.05. The predicted molar refractivity (Wildman–Crippen MR) is 56.6 cm³/mol. The first-order chi connectivity index (χ1) is 6.50. The molecule has 4 heteroatoms. The lowest BCUT2D eigenvalue weighted by Gasteiger charge is -2.04. The van der Waals surface area contributed by atoms with E-state index < -0.39 is 4.92 Å². The van der Waals surface area contributed by atoms with Gasteiger partial charge in [-0.25, -0.2) is 0 Å². The first-order valence-electron chi connectivity index (χ1n) is 4.43. The number of halogens is 1. The van der Waals surface area contributed by atoms with Crippen molar-refractivity contribution in [3.8, 4) is 0 Å². The fraction of sp³-hybridized carbons (Fsp3) is 0.400. The molecule has 0 saturated heterocycles. The number of hydrogen-bond acceptors (Lipinski definition) is 2. The van der Waals surface area contributed by atoms with E-state index in [9.17, 15) is 10.1 Å². The second-order valence-electron chi connectivity index (χ2n) is 3.64. The molecular weight excluding hydrogens is 202 g/mol. The van der Waals surface area contributed by atoms with Crippen LogP contribution in [0, 0.1) is 16.0 Å². The fourth-order valence-corrected chi connectivity index (χ4v) is 1.48. The Morgan fingerprint density at radius 3 is 2.64 bits per heavy atom. The van der Waals surface area contributed by atoms with Gasteiger partial charge in [-0.05, 0) is 24.0 Å². The highest BCUT2D eigenvalue weighted by atomic mass is 35.5. The molecule has 0 fully saturated rings. The standard InChI is InChI=1S/C10H12ClNO2/c1-7(2)5-8-3-4-9(11)10(6-8)12(13)14/h3-4,6-7H,5H2,1-2H3. The average molecular weight is 214 g/mol. The van der Waals surface area contributed by atoms with E-state index in [1.165, 1.54) is 0 Å². The van der Waals surface area contributed by atoms with Crippen LogP contribution in [0.4, 0.5) is 5.69 Å². The van der Waals surface area contributed by atoms with Crippen molar-refractivity contribution in [2.45, 2.75) is 20.3 Å². The van der Waals surface area contributed by atoms with E-state index in [0.29, 0.717) is 5.92 Å². The lowest BCUT2D eigenvalue weighted by Crippen LogP contribution is -1.96. The third-order valence-electron chi connectivity index (χ3n) is 1.85. The minimum Gasteiger partial charge on any atom is -0.258 e. The maximum absolute atomic E-state index is 10.6. The second kappa shape index (κ2) is 4.42. The average Bonchev–Trinajstić information content (AvgIpc) is 2.07. The molecule has 0 saturated carbocycles. The Morgan fingerprint density at radius 2 is 2.14 bits per heavy atom. The highest BCUT2D eigenvalue weighted by Crippen LogP contribution is 2.25. The van der Waals surface area contributed by atoms with Crippen molar-refractivity contribution in [1.29, 1.82) is 0 Å². The summed E-state index contributed by atoms with van der Waals surface area (Å²) in [6.07, 6.45) is 0.831. The predicted octanol–water partition coefficient (Wildman–Crippen LogP) is 3.45. The van der Waals surface area contributed by atoms with E-state index in [1.54, 1.807) is 12.1 Å². The van der Waals surface area contributed by atoms with Crippen LogP contribution in [-0.4, -0.2) is 4.92 Å². The first-order valence-corrected chi connectivity index (χ1v) is 4.81. The van der Waals surface area contributed by atoms with Crippen LogP contribution in [0.3, 0.4) is 0 Å². The van der Waals surface area contributed by atoms with Gasteiger partial charge in [-0.2, -0.15) is 0 Å². The summed E-state index contributed by atoms with van der Waals surface area (Å²) in [6.45, 7) is 4.14. The first kappa shape index (κ1) is 11.0. The largest absolute Gasteiger partial charge is 0.288 e. The van der Waals surface area contributed by atoms with Gasteiger partial charge in [0.2, 0.25) is 0 Å². The van der Waals surface area contributed by atoms with E-state index >= 15 is 0 Å². The van der Waals surface area contributed by atoms with Crippen molar-refractivity contribution in [2.24, 2.45) is 5.92 Å². The van der Waals surface area contributed by atoms with E-state index in [2.05, 4.69) is 13.8 Å². The quantitative estimate of drug-likeness (QED) is 0.570. The van der Waals surface area contributed by atoms with Crippen molar-refractivity contribution < 1.29 is 4.92 Å². The van der Waals surface area contributed by atoms with Crippen molar-refractivity contribution in [3.05, 3.63) is 38.9 Å². The van der Waals surface area contributed by atoms with Gasteiger partial charge in [-0.3, -0.25) is 10.1 Å². The molecule has 76 valence electrons. The van der Waals surface area contributed by atoms with Crippen molar-refractivity contribution in [2.75, 3.05) is 0 Å². The summed E-state index contributed by atoms with van der Waals surface area (Å²) in [5.74, 6) is 0.482. The van der Waals surface area contributed by atoms with Crippen molar-refractivity contribution in [3.63, 3.8) is 0 Å². The molecule has 0 aromatic heterocycles. The zero-order valence-corrected chi connectivity index (χ0v) is 8.91. The summed E-state index contributed by atoms with van der Waals surface area (Å²) >= 11 is 5.69. The number of nitro benzene ring substituents is 1. The minimum absolute atomic E-state index is 0.00943. The van der Waals surface area contributed by atoms with Crippen molar-refractivity contribution in [1.82, 2.24) is 0 Å². The van der Waals surface area contributed by atoms with Gasteiger partial charge in [0, 0.05) is 6.07 Å². The molecule has 0 unspecified atom stereocenters. The van der Waals surface area contributed by atoms with E-state index in [4.69, 9.17) is 11.6 Å². The Bertz CT molecular complexity index is 350. The highest BCUT2D eigenvalue weighted by molar-refractivity contribution is 6.32. The van der Waals surface area contributed by atoms with E-state index in [0.717, 1.165) is 12.0 Å². The Kier molecular flexibility index (Phi) is 3.47. The van der Waals surface area contributed by atoms with Crippen molar-refractivity contribution >= 4 is 17.3 Å². The maximum Gasteiger partial charge on any atom is 0.288 e. The van der Waals surface area contributed by atoms with Gasteiger partial charge in [0.05, 0.1) is 4.92 Å². The third kappa shape index (κ3) is 2.70. The van der Waals surface area contributed by atoms with Gasteiger partial charge in [0.25, 0.3) is 5.69 Å². The fourth-order valence-electron chi connectivity index (χ4n) is 1.30. The summed E-state index contributed by atoms with van der Waals surface area (Å²) in [5.41, 5.74) is 0.945.